The number of likely N-dealkylation sites (tertiary alicyclic amines) is 1. The average molecular weight is 270 g/mol. The lowest BCUT2D eigenvalue weighted by Crippen LogP contribution is -2.39. The number of pyridine rings is 1. The van der Waals surface area contributed by atoms with Gasteiger partial charge in [0.25, 0.3) is 0 Å². The fraction of sp³-hybridized carbons (Fsp3) is 0.471. The first-order valence-corrected chi connectivity index (χ1v) is 7.56. The Morgan fingerprint density at radius 2 is 2.05 bits per heavy atom. The maximum atomic E-state index is 9.20. The number of aliphatic hydroxyl groups is 1. The number of aliphatic hydroxyl groups excluding tert-OH is 1. The molecule has 1 aromatic heterocycles. The van der Waals surface area contributed by atoms with Gasteiger partial charge < -0.3 is 5.11 Å². The van der Waals surface area contributed by atoms with Gasteiger partial charge in [-0.25, -0.2) is 0 Å². The third-order valence-electron chi connectivity index (χ3n) is 4.23. The largest absolute Gasteiger partial charge is 0.396 e. The van der Waals surface area contributed by atoms with E-state index in [9.17, 15) is 5.11 Å². The molecule has 3 heteroatoms. The van der Waals surface area contributed by atoms with Crippen LogP contribution in [-0.2, 0) is 6.54 Å². The van der Waals surface area contributed by atoms with E-state index in [1.54, 1.807) is 0 Å². The van der Waals surface area contributed by atoms with Crippen molar-refractivity contribution in [2.75, 3.05) is 13.2 Å². The zero-order chi connectivity index (χ0) is 13.8. The van der Waals surface area contributed by atoms with Crippen LogP contribution in [0.5, 0.6) is 0 Å². The number of piperidine rings is 1. The van der Waals surface area contributed by atoms with Crippen molar-refractivity contribution in [3.8, 4) is 0 Å². The second-order valence-corrected chi connectivity index (χ2v) is 5.63. The van der Waals surface area contributed by atoms with E-state index in [-0.39, 0.29) is 6.61 Å². The second kappa shape index (κ2) is 6.33. The summed E-state index contributed by atoms with van der Waals surface area (Å²) in [5.74, 6) is 0. The Labute approximate surface area is 120 Å². The first kappa shape index (κ1) is 13.5. The van der Waals surface area contributed by atoms with Crippen molar-refractivity contribution >= 4 is 10.9 Å². The molecule has 0 spiro atoms. The highest BCUT2D eigenvalue weighted by Gasteiger charge is 2.22. The minimum Gasteiger partial charge on any atom is -0.396 e. The summed E-state index contributed by atoms with van der Waals surface area (Å²) in [6.07, 6.45) is 4.63. The molecule has 0 unspecified atom stereocenters. The quantitative estimate of drug-likeness (QED) is 0.928. The Hall–Kier alpha value is -1.45. The molecule has 0 amide bonds. The van der Waals surface area contributed by atoms with Crippen molar-refractivity contribution < 1.29 is 5.11 Å². The lowest BCUT2D eigenvalue weighted by atomic mass is 9.99. The molecule has 0 saturated carbocycles. The molecule has 1 fully saturated rings. The molecule has 20 heavy (non-hydrogen) atoms. The Balaban J connectivity index is 1.77. The second-order valence-electron chi connectivity index (χ2n) is 5.63. The van der Waals surface area contributed by atoms with E-state index in [1.807, 2.05) is 12.1 Å². The van der Waals surface area contributed by atoms with Gasteiger partial charge in [0, 0.05) is 24.6 Å². The molecule has 2 heterocycles. The minimum atomic E-state index is 0.284. The number of benzene rings is 1. The van der Waals surface area contributed by atoms with Crippen LogP contribution in [0.4, 0.5) is 0 Å². The van der Waals surface area contributed by atoms with Gasteiger partial charge in [-0.05, 0) is 37.9 Å². The summed E-state index contributed by atoms with van der Waals surface area (Å²) in [5.41, 5.74) is 2.20. The molecule has 1 aliphatic heterocycles. The van der Waals surface area contributed by atoms with Crippen molar-refractivity contribution in [1.29, 1.82) is 0 Å². The van der Waals surface area contributed by atoms with Crippen LogP contribution in [0.25, 0.3) is 10.9 Å². The highest BCUT2D eigenvalue weighted by Crippen LogP contribution is 2.22. The van der Waals surface area contributed by atoms with Gasteiger partial charge in [0.2, 0.25) is 0 Å². The molecule has 3 rings (SSSR count). The van der Waals surface area contributed by atoms with Crippen LogP contribution in [0, 0.1) is 0 Å². The first-order chi connectivity index (χ1) is 9.86. The highest BCUT2D eigenvalue weighted by atomic mass is 16.3. The zero-order valence-electron chi connectivity index (χ0n) is 11.8. The number of fused-ring (bicyclic) bond motifs is 1. The number of nitrogens with zero attached hydrogens (tertiary/aromatic N) is 2. The Bertz CT molecular complexity index is 568. The van der Waals surface area contributed by atoms with E-state index in [2.05, 4.69) is 29.2 Å². The monoisotopic (exact) mass is 270 g/mol. The van der Waals surface area contributed by atoms with Crippen LogP contribution < -0.4 is 0 Å². The van der Waals surface area contributed by atoms with Gasteiger partial charge in [-0.3, -0.25) is 9.88 Å². The summed E-state index contributed by atoms with van der Waals surface area (Å²) in [6.45, 7) is 2.31. The van der Waals surface area contributed by atoms with Gasteiger partial charge in [0.15, 0.2) is 0 Å². The maximum Gasteiger partial charge on any atom is 0.0705 e. The van der Waals surface area contributed by atoms with Crippen molar-refractivity contribution in [1.82, 2.24) is 9.88 Å². The smallest absolute Gasteiger partial charge is 0.0705 e. The van der Waals surface area contributed by atoms with Gasteiger partial charge >= 0.3 is 0 Å². The van der Waals surface area contributed by atoms with Gasteiger partial charge in [0.1, 0.15) is 0 Å². The Kier molecular flexibility index (Phi) is 4.28. The molecule has 1 aliphatic rings. The van der Waals surface area contributed by atoms with Crippen LogP contribution in [-0.4, -0.2) is 34.2 Å². The van der Waals surface area contributed by atoms with Crippen LogP contribution in [0.2, 0.25) is 0 Å². The van der Waals surface area contributed by atoms with Crippen LogP contribution in [0.3, 0.4) is 0 Å². The Morgan fingerprint density at radius 3 is 2.95 bits per heavy atom. The lowest BCUT2D eigenvalue weighted by molar-refractivity contribution is 0.111. The highest BCUT2D eigenvalue weighted by molar-refractivity contribution is 5.78. The lowest BCUT2D eigenvalue weighted by Gasteiger charge is -2.35. The molecular weight excluding hydrogens is 248 g/mol. The molecular formula is C17H22N2O. The predicted molar refractivity (Wildman–Crippen MR) is 81.5 cm³/mol. The summed E-state index contributed by atoms with van der Waals surface area (Å²) in [5, 5.41) is 10.4. The number of aromatic nitrogens is 1. The first-order valence-electron chi connectivity index (χ1n) is 7.56. The van der Waals surface area contributed by atoms with Crippen LogP contribution in [0.1, 0.15) is 31.4 Å². The minimum absolute atomic E-state index is 0.284. The SMILES string of the molecule is OCC[C@H]1CCCCN1Cc1ccc2ccccc2n1. The fourth-order valence-electron chi connectivity index (χ4n) is 3.15. The van der Waals surface area contributed by atoms with Crippen molar-refractivity contribution in [2.24, 2.45) is 0 Å². The third-order valence-corrected chi connectivity index (χ3v) is 4.23. The molecule has 106 valence electrons. The summed E-state index contributed by atoms with van der Waals surface area (Å²) >= 11 is 0. The molecule has 1 aromatic carbocycles. The summed E-state index contributed by atoms with van der Waals surface area (Å²) < 4.78 is 0. The van der Waals surface area contributed by atoms with Gasteiger partial charge in [0.05, 0.1) is 11.2 Å². The molecule has 1 N–H and O–H groups in total. The zero-order valence-corrected chi connectivity index (χ0v) is 11.8. The number of hydrogen-bond acceptors (Lipinski definition) is 3. The predicted octanol–water partition coefficient (Wildman–Crippen LogP) is 2.97. The summed E-state index contributed by atoms with van der Waals surface area (Å²) in [7, 11) is 0. The molecule has 1 atom stereocenters. The maximum absolute atomic E-state index is 9.20. The number of para-hydroxylation sites is 1. The number of rotatable bonds is 4. The van der Waals surface area contributed by atoms with Crippen LogP contribution >= 0.6 is 0 Å². The van der Waals surface area contributed by atoms with E-state index in [0.29, 0.717) is 6.04 Å². The van der Waals surface area contributed by atoms with Crippen LogP contribution in [0.15, 0.2) is 36.4 Å². The van der Waals surface area contributed by atoms with Crippen molar-refractivity contribution in [3.63, 3.8) is 0 Å². The van der Waals surface area contributed by atoms with E-state index in [0.717, 1.165) is 30.7 Å². The molecule has 0 radical (unpaired) electrons. The van der Waals surface area contributed by atoms with E-state index >= 15 is 0 Å². The summed E-state index contributed by atoms with van der Waals surface area (Å²) in [4.78, 5) is 7.24. The molecule has 0 bridgehead atoms. The van der Waals surface area contributed by atoms with E-state index < -0.39 is 0 Å². The average Bonchev–Trinajstić information content (AvgIpc) is 2.49. The Morgan fingerprint density at radius 1 is 1.15 bits per heavy atom. The molecule has 1 saturated heterocycles. The van der Waals surface area contributed by atoms with E-state index in [1.165, 1.54) is 24.6 Å². The molecule has 0 aliphatic carbocycles. The molecule has 3 nitrogen and oxygen atoms in total. The van der Waals surface area contributed by atoms with Crippen molar-refractivity contribution in [2.45, 2.75) is 38.3 Å². The van der Waals surface area contributed by atoms with Gasteiger partial charge in [-0.15, -0.1) is 0 Å². The molecule has 2 aromatic rings. The van der Waals surface area contributed by atoms with Crippen molar-refractivity contribution in [3.05, 3.63) is 42.1 Å². The van der Waals surface area contributed by atoms with E-state index in [4.69, 9.17) is 4.98 Å². The number of hydrogen-bond donors (Lipinski definition) is 1. The fourth-order valence-corrected chi connectivity index (χ4v) is 3.15. The van der Waals surface area contributed by atoms with Gasteiger partial charge in [-0.1, -0.05) is 30.7 Å². The summed E-state index contributed by atoms with van der Waals surface area (Å²) in [6, 6.07) is 13.1. The third kappa shape index (κ3) is 3.00. The topological polar surface area (TPSA) is 36.4 Å². The standard InChI is InChI=1S/C17H22N2O/c20-12-10-16-6-3-4-11-19(16)13-15-9-8-14-5-1-2-7-17(14)18-15/h1-2,5,7-9,16,20H,3-4,6,10-13H2/t16-/m1/s1. The van der Waals surface area contributed by atoms with Gasteiger partial charge in [-0.2, -0.15) is 0 Å². The normalized spacial score (nSPS) is 20.4.